The van der Waals surface area contributed by atoms with Crippen LogP contribution < -0.4 is 5.32 Å². The van der Waals surface area contributed by atoms with Gasteiger partial charge in [-0.3, -0.25) is 9.59 Å². The van der Waals surface area contributed by atoms with Crippen molar-refractivity contribution in [2.45, 2.75) is 39.7 Å². The van der Waals surface area contributed by atoms with Gasteiger partial charge in [0.2, 0.25) is 11.8 Å². The maximum absolute atomic E-state index is 12.7. The Labute approximate surface area is 206 Å². The number of piperidine rings is 1. The molecule has 2 aromatic carbocycles. The van der Waals surface area contributed by atoms with Crippen molar-refractivity contribution in [2.75, 3.05) is 25.5 Å². The van der Waals surface area contributed by atoms with Gasteiger partial charge in [0.05, 0.1) is 5.69 Å². The monoisotopic (exact) mass is 511 g/mol. The Balaban J connectivity index is 1.60. The number of amides is 2. The number of nitrogens with zero attached hydrogens (tertiary/aromatic N) is 2. The van der Waals surface area contributed by atoms with Crippen LogP contribution in [0.25, 0.3) is 5.70 Å². The molecule has 0 aliphatic carbocycles. The fourth-order valence-electron chi connectivity index (χ4n) is 4.49. The molecule has 2 aromatic rings. The first-order valence-corrected chi connectivity index (χ1v) is 12.3. The first kappa shape index (κ1) is 25.0. The van der Waals surface area contributed by atoms with Crippen LogP contribution in [-0.2, 0) is 16.1 Å². The zero-order chi connectivity index (χ0) is 24.0. The van der Waals surface area contributed by atoms with Gasteiger partial charge in [-0.05, 0) is 42.0 Å². The molecule has 0 saturated carbocycles. The average Bonchev–Trinajstić information content (AvgIpc) is 2.78. The van der Waals surface area contributed by atoms with Crippen molar-refractivity contribution >= 4 is 39.1 Å². The number of likely N-dealkylation sites (tertiary alicyclic amines) is 1. The molecule has 0 radical (unpaired) electrons. The lowest BCUT2D eigenvalue weighted by Crippen LogP contribution is -2.37. The lowest BCUT2D eigenvalue weighted by atomic mass is 9.91. The first-order valence-electron chi connectivity index (χ1n) is 11.5. The third-order valence-electron chi connectivity index (χ3n) is 6.07. The predicted molar refractivity (Wildman–Crippen MR) is 138 cm³/mol. The van der Waals surface area contributed by atoms with E-state index in [1.165, 1.54) is 6.42 Å². The van der Waals surface area contributed by atoms with E-state index in [0.29, 0.717) is 18.4 Å². The molecule has 6 heteroatoms. The molecule has 0 aromatic heterocycles. The van der Waals surface area contributed by atoms with Crippen molar-refractivity contribution in [1.82, 2.24) is 9.80 Å². The maximum atomic E-state index is 12.7. The number of hydrogen-bond acceptors (Lipinski definition) is 3. The zero-order valence-corrected chi connectivity index (χ0v) is 21.4. The molecule has 5 nitrogen and oxygen atoms in total. The second-order valence-electron chi connectivity index (χ2n) is 9.27. The Kier molecular flexibility index (Phi) is 8.73. The molecule has 1 saturated heterocycles. The van der Waals surface area contributed by atoms with Gasteiger partial charge in [-0.2, -0.15) is 0 Å². The number of carbonyl (C=O) groups excluding carboxylic acids is 2. The van der Waals surface area contributed by atoms with Crippen LogP contribution in [0.1, 0.15) is 44.2 Å². The summed E-state index contributed by atoms with van der Waals surface area (Å²) in [6.45, 7) is 11.4. The van der Waals surface area contributed by atoms with E-state index in [4.69, 9.17) is 0 Å². The summed E-state index contributed by atoms with van der Waals surface area (Å²) < 4.78 is 0.937. The number of carbonyl (C=O) groups is 2. The number of rotatable bonds is 8. The molecule has 2 atom stereocenters. The minimum Gasteiger partial charge on any atom is -0.371 e. The molecule has 0 bridgehead atoms. The third kappa shape index (κ3) is 7.19. The topological polar surface area (TPSA) is 52.7 Å². The summed E-state index contributed by atoms with van der Waals surface area (Å²) in [5.41, 5.74) is 3.62. The normalized spacial score (nSPS) is 18.0. The number of halogens is 1. The molecule has 3 rings (SSSR count). The molecule has 1 fully saturated rings. The van der Waals surface area contributed by atoms with Crippen molar-refractivity contribution in [3.05, 3.63) is 70.7 Å². The molecular formula is C27H34BrN3O2. The van der Waals surface area contributed by atoms with Gasteiger partial charge in [0.25, 0.3) is 0 Å². The van der Waals surface area contributed by atoms with Crippen molar-refractivity contribution in [1.29, 1.82) is 0 Å². The van der Waals surface area contributed by atoms with Crippen LogP contribution in [0.2, 0.25) is 0 Å². The van der Waals surface area contributed by atoms with Crippen LogP contribution in [0.15, 0.2) is 59.6 Å². The summed E-state index contributed by atoms with van der Waals surface area (Å²) >= 11 is 3.55. The quantitative estimate of drug-likeness (QED) is 0.488. The van der Waals surface area contributed by atoms with Crippen LogP contribution in [0.4, 0.5) is 5.69 Å². The predicted octanol–water partition coefficient (Wildman–Crippen LogP) is 5.78. The number of hydrogen-bond donors (Lipinski definition) is 1. The molecule has 1 aliphatic heterocycles. The number of nitrogens with one attached hydrogen (secondary N) is 1. The summed E-state index contributed by atoms with van der Waals surface area (Å²) in [6, 6.07) is 15.6. The van der Waals surface area contributed by atoms with E-state index in [9.17, 15) is 9.59 Å². The lowest BCUT2D eigenvalue weighted by molar-refractivity contribution is -0.132. The Morgan fingerprint density at radius 3 is 2.42 bits per heavy atom. The Morgan fingerprint density at radius 2 is 1.76 bits per heavy atom. The van der Waals surface area contributed by atoms with Gasteiger partial charge in [-0.25, -0.2) is 0 Å². The molecule has 1 N–H and O–H groups in total. The third-order valence-corrected chi connectivity index (χ3v) is 6.56. The molecule has 1 heterocycles. The summed E-state index contributed by atoms with van der Waals surface area (Å²) in [5, 5.41) is 3.01. The summed E-state index contributed by atoms with van der Waals surface area (Å²) in [6.07, 6.45) is 1.53. The number of benzene rings is 2. The van der Waals surface area contributed by atoms with Crippen molar-refractivity contribution in [3.63, 3.8) is 0 Å². The summed E-state index contributed by atoms with van der Waals surface area (Å²) in [5.74, 6) is 0.989. The SMILES string of the molecule is C=C(c1cc(Br)ccc1NC(=O)CCC(=O)N(C)Cc1ccccc1)N1CC(C)C[C@@H](C)C1. The Bertz CT molecular complexity index is 982. The van der Waals surface area contributed by atoms with Crippen LogP contribution >= 0.6 is 15.9 Å². The fraction of sp³-hybridized carbons (Fsp3) is 0.407. The molecular weight excluding hydrogens is 478 g/mol. The van der Waals surface area contributed by atoms with Crippen LogP contribution in [0.5, 0.6) is 0 Å². The van der Waals surface area contributed by atoms with E-state index >= 15 is 0 Å². The molecule has 33 heavy (non-hydrogen) atoms. The van der Waals surface area contributed by atoms with Gasteiger partial charge >= 0.3 is 0 Å². The fourth-order valence-corrected chi connectivity index (χ4v) is 4.85. The van der Waals surface area contributed by atoms with E-state index < -0.39 is 0 Å². The van der Waals surface area contributed by atoms with Gasteiger partial charge in [-0.15, -0.1) is 0 Å². The molecule has 0 spiro atoms. The van der Waals surface area contributed by atoms with E-state index in [-0.39, 0.29) is 24.7 Å². The van der Waals surface area contributed by atoms with E-state index in [1.54, 1.807) is 11.9 Å². The highest BCUT2D eigenvalue weighted by Gasteiger charge is 2.24. The van der Waals surface area contributed by atoms with E-state index in [0.717, 1.165) is 40.1 Å². The molecule has 1 aliphatic rings. The molecule has 2 amide bonds. The average molecular weight is 512 g/mol. The van der Waals surface area contributed by atoms with Gasteiger partial charge in [0.15, 0.2) is 0 Å². The van der Waals surface area contributed by atoms with Gasteiger partial charge in [-0.1, -0.05) is 66.7 Å². The van der Waals surface area contributed by atoms with Crippen LogP contribution in [-0.4, -0.2) is 41.8 Å². The smallest absolute Gasteiger partial charge is 0.224 e. The summed E-state index contributed by atoms with van der Waals surface area (Å²) in [7, 11) is 1.77. The van der Waals surface area contributed by atoms with Gasteiger partial charge < -0.3 is 15.1 Å². The Hall–Kier alpha value is -2.60. The highest BCUT2D eigenvalue weighted by atomic mass is 79.9. The van der Waals surface area contributed by atoms with Crippen molar-refractivity contribution in [2.24, 2.45) is 11.8 Å². The van der Waals surface area contributed by atoms with E-state index in [1.807, 2.05) is 48.5 Å². The number of anilines is 1. The summed E-state index contributed by atoms with van der Waals surface area (Å²) in [4.78, 5) is 29.2. The second-order valence-corrected chi connectivity index (χ2v) is 10.2. The zero-order valence-electron chi connectivity index (χ0n) is 19.8. The van der Waals surface area contributed by atoms with Gasteiger partial charge in [0, 0.05) is 55.3 Å². The second kappa shape index (κ2) is 11.5. The minimum absolute atomic E-state index is 0.0502. The molecule has 176 valence electrons. The lowest BCUT2D eigenvalue weighted by Gasteiger charge is -2.38. The first-order chi connectivity index (χ1) is 15.7. The minimum atomic E-state index is -0.173. The highest BCUT2D eigenvalue weighted by molar-refractivity contribution is 9.10. The van der Waals surface area contributed by atoms with E-state index in [2.05, 4.69) is 46.6 Å². The highest BCUT2D eigenvalue weighted by Crippen LogP contribution is 2.33. The maximum Gasteiger partial charge on any atom is 0.224 e. The van der Waals surface area contributed by atoms with Crippen LogP contribution in [0, 0.1) is 11.8 Å². The Morgan fingerprint density at radius 1 is 1.09 bits per heavy atom. The van der Waals surface area contributed by atoms with Gasteiger partial charge in [0.1, 0.15) is 0 Å². The molecule has 1 unspecified atom stereocenters. The van der Waals surface area contributed by atoms with Crippen molar-refractivity contribution < 1.29 is 9.59 Å². The van der Waals surface area contributed by atoms with Crippen LogP contribution in [0.3, 0.4) is 0 Å². The largest absolute Gasteiger partial charge is 0.371 e. The van der Waals surface area contributed by atoms with Crippen molar-refractivity contribution in [3.8, 4) is 0 Å². The standard InChI is InChI=1S/C27H34BrN3O2/c1-19-14-20(2)17-31(16-19)21(3)24-15-23(28)10-11-25(24)29-26(32)12-13-27(33)30(4)18-22-8-6-5-7-9-22/h5-11,15,19-20H,3,12-14,16-18H2,1-2,4H3,(H,29,32)/t19-,20?/m1/s1.